The summed E-state index contributed by atoms with van der Waals surface area (Å²) >= 11 is 1.12. The van der Waals surface area contributed by atoms with Crippen molar-refractivity contribution in [1.82, 2.24) is 9.78 Å². The van der Waals surface area contributed by atoms with Crippen molar-refractivity contribution in [3.05, 3.63) is 51.5 Å². The smallest absolute Gasteiger partial charge is 0.359 e. The van der Waals surface area contributed by atoms with Gasteiger partial charge in [-0.2, -0.15) is 9.78 Å². The van der Waals surface area contributed by atoms with Gasteiger partial charge in [-0.1, -0.05) is 20.8 Å². The van der Waals surface area contributed by atoms with Gasteiger partial charge in [0.1, 0.15) is 10.8 Å². The van der Waals surface area contributed by atoms with Crippen LogP contribution in [0.15, 0.2) is 34.4 Å². The first kappa shape index (κ1) is 20.7. The number of anilines is 1. The third kappa shape index (κ3) is 4.04. The number of aromatic nitrogens is 2. The molecule has 0 unspecified atom stereocenters. The first-order valence-corrected chi connectivity index (χ1v) is 9.80. The van der Waals surface area contributed by atoms with E-state index in [4.69, 9.17) is 4.74 Å². The first-order valence-electron chi connectivity index (χ1n) is 8.92. The summed E-state index contributed by atoms with van der Waals surface area (Å²) in [5.74, 6) is -1.44. The highest BCUT2D eigenvalue weighted by molar-refractivity contribution is 7.16. The number of nitrogens with one attached hydrogen (secondary N) is 1. The number of carbonyl (C=O) groups is 2. The van der Waals surface area contributed by atoms with Gasteiger partial charge in [-0.15, -0.1) is 11.3 Å². The highest BCUT2D eigenvalue weighted by Gasteiger charge is 2.26. The molecule has 0 saturated heterocycles. The van der Waals surface area contributed by atoms with Crippen molar-refractivity contribution in [2.75, 3.05) is 11.9 Å². The number of benzene rings is 1. The van der Waals surface area contributed by atoms with Crippen LogP contribution in [0.1, 0.15) is 38.2 Å². The number of rotatable bonds is 4. The molecule has 29 heavy (non-hydrogen) atoms. The molecule has 3 aromatic rings. The maximum absolute atomic E-state index is 13.3. The molecule has 0 aliphatic heterocycles. The molecule has 0 saturated carbocycles. The number of esters is 1. The van der Waals surface area contributed by atoms with E-state index in [0.717, 1.165) is 16.0 Å². The highest BCUT2D eigenvalue weighted by Crippen LogP contribution is 2.32. The second-order valence-corrected chi connectivity index (χ2v) is 8.20. The van der Waals surface area contributed by atoms with Crippen LogP contribution < -0.4 is 10.9 Å². The maximum Gasteiger partial charge on any atom is 0.359 e. The van der Waals surface area contributed by atoms with Crippen LogP contribution in [0, 0.1) is 11.2 Å². The van der Waals surface area contributed by atoms with Crippen molar-refractivity contribution in [3.8, 4) is 5.69 Å². The molecule has 3 rings (SSSR count). The second-order valence-electron chi connectivity index (χ2n) is 7.32. The fourth-order valence-corrected chi connectivity index (χ4v) is 3.47. The molecule has 152 valence electrons. The summed E-state index contributed by atoms with van der Waals surface area (Å²) in [6.45, 7) is 7.05. The van der Waals surface area contributed by atoms with Crippen molar-refractivity contribution in [2.45, 2.75) is 27.7 Å². The summed E-state index contributed by atoms with van der Waals surface area (Å²) in [6.07, 6.45) is 0. The lowest BCUT2D eigenvalue weighted by atomic mass is 9.96. The summed E-state index contributed by atoms with van der Waals surface area (Å²) in [5, 5.41) is 9.26. The highest BCUT2D eigenvalue weighted by atomic mass is 32.1. The number of halogens is 1. The molecular weight excluding hydrogens is 397 g/mol. The van der Waals surface area contributed by atoms with E-state index in [-0.39, 0.29) is 29.3 Å². The molecule has 7 nitrogen and oxygen atoms in total. The van der Waals surface area contributed by atoms with Gasteiger partial charge in [0.15, 0.2) is 5.69 Å². The number of carbonyl (C=O) groups excluding carboxylic acids is 2. The minimum Gasteiger partial charge on any atom is -0.461 e. The fourth-order valence-electron chi connectivity index (χ4n) is 2.54. The number of thiophene rings is 1. The van der Waals surface area contributed by atoms with Crippen LogP contribution in [-0.2, 0) is 9.53 Å². The van der Waals surface area contributed by atoms with Gasteiger partial charge < -0.3 is 10.1 Å². The Labute approximate surface area is 170 Å². The normalized spacial score (nSPS) is 11.5. The summed E-state index contributed by atoms with van der Waals surface area (Å²) in [5.41, 5.74) is -0.991. The molecule has 0 bridgehead atoms. The number of fused-ring (bicyclic) bond motifs is 1. The second kappa shape index (κ2) is 7.75. The average Bonchev–Trinajstić information content (AvgIpc) is 3.06. The predicted molar refractivity (Wildman–Crippen MR) is 109 cm³/mol. The molecule has 0 aliphatic carbocycles. The van der Waals surface area contributed by atoms with Crippen LogP contribution in [0.5, 0.6) is 0 Å². The Morgan fingerprint density at radius 2 is 1.90 bits per heavy atom. The van der Waals surface area contributed by atoms with Gasteiger partial charge in [0.25, 0.3) is 5.56 Å². The van der Waals surface area contributed by atoms with Crippen LogP contribution in [-0.4, -0.2) is 28.3 Å². The van der Waals surface area contributed by atoms with Crippen molar-refractivity contribution in [2.24, 2.45) is 5.41 Å². The average molecular weight is 417 g/mol. The largest absolute Gasteiger partial charge is 0.461 e. The fraction of sp³-hybridized carbons (Fsp3) is 0.300. The van der Waals surface area contributed by atoms with E-state index in [2.05, 4.69) is 10.4 Å². The monoisotopic (exact) mass is 417 g/mol. The summed E-state index contributed by atoms with van der Waals surface area (Å²) in [4.78, 5) is 38.1. The Balaban J connectivity index is 2.26. The summed E-state index contributed by atoms with van der Waals surface area (Å²) < 4.78 is 19.4. The zero-order valence-electron chi connectivity index (χ0n) is 16.4. The molecular formula is C20H20FN3O4S. The van der Waals surface area contributed by atoms with Gasteiger partial charge in [-0.3, -0.25) is 9.59 Å². The van der Waals surface area contributed by atoms with Crippen LogP contribution >= 0.6 is 11.3 Å². The van der Waals surface area contributed by atoms with E-state index >= 15 is 0 Å². The van der Waals surface area contributed by atoms with Gasteiger partial charge in [0, 0.05) is 16.2 Å². The summed E-state index contributed by atoms with van der Waals surface area (Å²) in [7, 11) is 0. The molecule has 0 aliphatic rings. The molecule has 1 amide bonds. The van der Waals surface area contributed by atoms with Crippen LogP contribution in [0.25, 0.3) is 16.5 Å². The van der Waals surface area contributed by atoms with Gasteiger partial charge in [-0.25, -0.2) is 9.18 Å². The number of amides is 1. The van der Waals surface area contributed by atoms with Crippen LogP contribution in [0.2, 0.25) is 0 Å². The number of hydrogen-bond acceptors (Lipinski definition) is 6. The molecule has 1 aromatic carbocycles. The molecule has 0 fully saturated rings. The quantitative estimate of drug-likeness (QED) is 0.653. The zero-order chi connectivity index (χ0) is 21.3. The van der Waals surface area contributed by atoms with Crippen molar-refractivity contribution in [1.29, 1.82) is 0 Å². The van der Waals surface area contributed by atoms with E-state index < -0.39 is 22.8 Å². The van der Waals surface area contributed by atoms with Crippen molar-refractivity contribution < 1.29 is 18.7 Å². The Morgan fingerprint density at radius 1 is 1.24 bits per heavy atom. The Kier molecular flexibility index (Phi) is 5.52. The first-order chi connectivity index (χ1) is 13.6. The summed E-state index contributed by atoms with van der Waals surface area (Å²) in [6, 6.07) is 5.13. The predicted octanol–water partition coefficient (Wildman–Crippen LogP) is 3.75. The Hall–Kier alpha value is -3.07. The topological polar surface area (TPSA) is 90.3 Å². The van der Waals surface area contributed by atoms with Gasteiger partial charge in [-0.05, 0) is 31.2 Å². The standard InChI is InChI=1S/C20H20FN3O4S/c1-5-28-18(26)15-13-10-29-16(22-19(27)20(2,3)4)14(13)17(25)24(23-15)12-8-6-11(21)7-9-12/h6-10H,5H2,1-4H3,(H,22,27). The van der Waals surface area contributed by atoms with Gasteiger partial charge >= 0.3 is 5.97 Å². The lowest BCUT2D eigenvalue weighted by Crippen LogP contribution is -2.29. The molecule has 9 heteroatoms. The molecule has 1 N–H and O–H groups in total. The van der Waals surface area contributed by atoms with E-state index in [1.54, 1.807) is 33.1 Å². The molecule has 0 spiro atoms. The van der Waals surface area contributed by atoms with E-state index in [9.17, 15) is 18.8 Å². The molecule has 0 atom stereocenters. The minimum absolute atomic E-state index is 0.0571. The maximum atomic E-state index is 13.3. The molecule has 2 heterocycles. The Morgan fingerprint density at radius 3 is 2.48 bits per heavy atom. The molecule has 0 radical (unpaired) electrons. The third-order valence-corrected chi connectivity index (χ3v) is 5.00. The molecule has 2 aromatic heterocycles. The zero-order valence-corrected chi connectivity index (χ0v) is 17.2. The van der Waals surface area contributed by atoms with Crippen molar-refractivity contribution in [3.63, 3.8) is 0 Å². The minimum atomic E-state index is -0.695. The van der Waals surface area contributed by atoms with Crippen LogP contribution in [0.4, 0.5) is 9.39 Å². The van der Waals surface area contributed by atoms with Crippen molar-refractivity contribution >= 4 is 39.0 Å². The lowest BCUT2D eigenvalue weighted by molar-refractivity contribution is -0.123. The van der Waals surface area contributed by atoms with E-state index in [1.807, 2.05) is 0 Å². The SMILES string of the molecule is CCOC(=O)c1nn(-c2ccc(F)cc2)c(=O)c2c(NC(=O)C(C)(C)C)scc12. The van der Waals surface area contributed by atoms with Gasteiger partial charge in [0.2, 0.25) is 5.91 Å². The number of hydrogen-bond donors (Lipinski definition) is 1. The van der Waals surface area contributed by atoms with E-state index in [1.165, 1.54) is 24.3 Å². The lowest BCUT2D eigenvalue weighted by Gasteiger charge is -2.17. The Bertz CT molecular complexity index is 1140. The van der Waals surface area contributed by atoms with E-state index in [0.29, 0.717) is 10.4 Å². The third-order valence-electron chi connectivity index (χ3n) is 4.10. The van der Waals surface area contributed by atoms with Crippen LogP contribution in [0.3, 0.4) is 0 Å². The number of nitrogens with zero attached hydrogens (tertiary/aromatic N) is 2. The number of ether oxygens (including phenoxy) is 1. The van der Waals surface area contributed by atoms with Gasteiger partial charge in [0.05, 0.1) is 17.7 Å².